The summed E-state index contributed by atoms with van der Waals surface area (Å²) in [5, 5.41) is 23.5. The molecule has 41 heavy (non-hydrogen) atoms. The quantitative estimate of drug-likeness (QED) is 0.239. The standard InChI is InChI=1S/C32H38ClNO7/c1-17-11-12-31-15-24(35)27(37)32(31,40)30(17,3)25(41-26(36)16-33)14-22(18(31)2)19-9-10-21-23(13-19)29(39)34(28(21)38)20-7-5-4-6-8-20/h4-9,17-18,21-25,35,40H,10-16H2,1-3H3/t17-,18+,21?,22-,23?,24+,25-,30+,31+,32-/m1/s1. The monoisotopic (exact) mass is 583 g/mol. The average Bonchev–Trinajstić information content (AvgIpc) is 3.34. The SMILES string of the molecule is C[C@@H]1CC[C@@]23C[C@H](O)C(=O)[C@@]2(O)[C@]1(C)[C@H](OC(=O)CCl)C[C@@H](C1=CCC2C(=O)N(c4ccccc4)C(=O)C2C1)[C@@H]3C. The normalized spacial score (nSPS) is 43.8. The largest absolute Gasteiger partial charge is 0.461 e. The molecule has 0 radical (unpaired) electrons. The first kappa shape index (κ1) is 28.6. The molecule has 8 nitrogen and oxygen atoms in total. The number of amides is 2. The van der Waals surface area contributed by atoms with Crippen molar-refractivity contribution in [2.45, 2.75) is 77.1 Å². The number of hydrogen-bond acceptors (Lipinski definition) is 7. The third-order valence-electron chi connectivity index (χ3n) is 11.9. The van der Waals surface area contributed by atoms with Crippen molar-refractivity contribution in [3.63, 3.8) is 0 Å². The number of fused-ring (bicyclic) bond motifs is 1. The van der Waals surface area contributed by atoms with E-state index < -0.39 is 52.2 Å². The number of rotatable bonds is 4. The van der Waals surface area contributed by atoms with E-state index in [-0.39, 0.29) is 41.9 Å². The minimum Gasteiger partial charge on any atom is -0.461 e. The second-order valence-corrected chi connectivity index (χ2v) is 13.5. The van der Waals surface area contributed by atoms with E-state index >= 15 is 0 Å². The van der Waals surface area contributed by atoms with Crippen molar-refractivity contribution in [3.8, 4) is 0 Å². The summed E-state index contributed by atoms with van der Waals surface area (Å²) in [5.74, 6) is -3.64. The predicted octanol–water partition coefficient (Wildman–Crippen LogP) is 3.81. The van der Waals surface area contributed by atoms with E-state index in [4.69, 9.17) is 16.3 Å². The van der Waals surface area contributed by atoms with Crippen LogP contribution < -0.4 is 4.90 Å². The second kappa shape index (κ2) is 9.75. The number of esters is 1. The van der Waals surface area contributed by atoms with Gasteiger partial charge < -0.3 is 14.9 Å². The molecule has 4 fully saturated rings. The lowest BCUT2D eigenvalue weighted by atomic mass is 9.46. The van der Waals surface area contributed by atoms with E-state index in [2.05, 4.69) is 0 Å². The Kier molecular flexibility index (Phi) is 6.79. The van der Waals surface area contributed by atoms with Crippen LogP contribution in [-0.4, -0.2) is 57.5 Å². The number of benzene rings is 1. The summed E-state index contributed by atoms with van der Waals surface area (Å²) < 4.78 is 5.98. The number of anilines is 1. The fourth-order valence-electron chi connectivity index (χ4n) is 9.51. The predicted molar refractivity (Wildman–Crippen MR) is 151 cm³/mol. The molecule has 5 aliphatic rings. The zero-order chi connectivity index (χ0) is 29.5. The van der Waals surface area contributed by atoms with Crippen LogP contribution >= 0.6 is 11.6 Å². The topological polar surface area (TPSA) is 121 Å². The molecule has 6 rings (SSSR count). The second-order valence-electron chi connectivity index (χ2n) is 13.2. The summed E-state index contributed by atoms with van der Waals surface area (Å²) in [6, 6.07) is 8.96. The molecule has 9 heteroatoms. The fraction of sp³-hybridized carbons (Fsp3) is 0.625. The fourth-order valence-corrected chi connectivity index (χ4v) is 9.57. The number of nitrogens with zero attached hydrogens (tertiary/aromatic N) is 1. The van der Waals surface area contributed by atoms with E-state index in [9.17, 15) is 29.4 Å². The van der Waals surface area contributed by atoms with E-state index in [1.54, 1.807) is 24.3 Å². The van der Waals surface area contributed by atoms with Gasteiger partial charge in [0, 0.05) is 10.8 Å². The average molecular weight is 584 g/mol. The van der Waals surface area contributed by atoms with Gasteiger partial charge in [-0.1, -0.05) is 50.6 Å². The molecular formula is C32H38ClNO7. The Morgan fingerprint density at radius 2 is 1.78 bits per heavy atom. The molecular weight excluding hydrogens is 546 g/mol. The van der Waals surface area contributed by atoms with Gasteiger partial charge in [-0.2, -0.15) is 0 Å². The van der Waals surface area contributed by atoms with Crippen LogP contribution in [0.25, 0.3) is 0 Å². The summed E-state index contributed by atoms with van der Waals surface area (Å²) in [5.41, 5.74) is -2.43. The van der Waals surface area contributed by atoms with Crippen molar-refractivity contribution in [2.75, 3.05) is 10.8 Å². The minimum absolute atomic E-state index is 0.136. The Bertz CT molecular complexity index is 1330. The number of para-hydroxylation sites is 1. The van der Waals surface area contributed by atoms with Crippen molar-refractivity contribution in [2.24, 2.45) is 40.4 Å². The summed E-state index contributed by atoms with van der Waals surface area (Å²) in [4.78, 5) is 54.7. The van der Waals surface area contributed by atoms with Gasteiger partial charge >= 0.3 is 5.97 Å². The molecule has 2 unspecified atom stereocenters. The van der Waals surface area contributed by atoms with Gasteiger partial charge in [0.2, 0.25) is 11.8 Å². The molecule has 1 aliphatic heterocycles. The maximum atomic E-state index is 13.7. The van der Waals surface area contributed by atoms with Crippen molar-refractivity contribution >= 4 is 40.9 Å². The third kappa shape index (κ3) is 3.66. The number of carbonyl (C=O) groups is 4. The summed E-state index contributed by atoms with van der Waals surface area (Å²) in [6.45, 7) is 5.82. The van der Waals surface area contributed by atoms with Crippen LogP contribution in [0.3, 0.4) is 0 Å². The van der Waals surface area contributed by atoms with E-state index in [1.165, 1.54) is 4.90 Å². The lowest BCUT2D eigenvalue weighted by Gasteiger charge is -2.60. The Morgan fingerprint density at radius 3 is 2.46 bits per heavy atom. The summed E-state index contributed by atoms with van der Waals surface area (Å²) in [6.07, 6.45) is 2.43. The van der Waals surface area contributed by atoms with Crippen LogP contribution in [0.4, 0.5) is 5.69 Å². The lowest BCUT2D eigenvalue weighted by molar-refractivity contribution is -0.234. The molecule has 1 aromatic rings. The molecule has 1 heterocycles. The highest BCUT2D eigenvalue weighted by atomic mass is 35.5. The van der Waals surface area contributed by atoms with E-state index in [1.807, 2.05) is 32.9 Å². The highest BCUT2D eigenvalue weighted by Gasteiger charge is 2.78. The smallest absolute Gasteiger partial charge is 0.321 e. The molecule has 4 aliphatic carbocycles. The van der Waals surface area contributed by atoms with Crippen LogP contribution in [0.5, 0.6) is 0 Å². The van der Waals surface area contributed by atoms with E-state index in [0.717, 1.165) is 5.57 Å². The van der Waals surface area contributed by atoms with Gasteiger partial charge in [0.15, 0.2) is 5.78 Å². The molecule has 3 saturated carbocycles. The number of imide groups is 1. The van der Waals surface area contributed by atoms with Gasteiger partial charge in [0.25, 0.3) is 0 Å². The lowest BCUT2D eigenvalue weighted by Crippen LogP contribution is -2.69. The van der Waals surface area contributed by atoms with Gasteiger partial charge in [0.05, 0.1) is 17.5 Å². The number of ether oxygens (including phenoxy) is 1. The number of allylic oxidation sites excluding steroid dienone is 2. The zero-order valence-electron chi connectivity index (χ0n) is 23.7. The number of alkyl halides is 1. The molecule has 1 saturated heterocycles. The summed E-state index contributed by atoms with van der Waals surface area (Å²) >= 11 is 5.86. The minimum atomic E-state index is -1.90. The number of ketones is 1. The molecule has 10 atom stereocenters. The molecule has 1 aromatic carbocycles. The van der Waals surface area contributed by atoms with Crippen molar-refractivity contribution in [1.82, 2.24) is 0 Å². The number of aliphatic hydroxyl groups is 2. The molecule has 0 aromatic heterocycles. The first-order valence-corrected chi connectivity index (χ1v) is 15.3. The van der Waals surface area contributed by atoms with Crippen LogP contribution in [0.15, 0.2) is 42.0 Å². The zero-order valence-corrected chi connectivity index (χ0v) is 24.5. The molecule has 2 bridgehead atoms. The first-order chi connectivity index (χ1) is 19.4. The highest BCUT2D eigenvalue weighted by molar-refractivity contribution is 6.26. The van der Waals surface area contributed by atoms with Crippen LogP contribution in [0, 0.1) is 40.4 Å². The van der Waals surface area contributed by atoms with Crippen LogP contribution in [-0.2, 0) is 23.9 Å². The van der Waals surface area contributed by atoms with E-state index in [0.29, 0.717) is 37.8 Å². The number of aliphatic hydroxyl groups excluding tert-OH is 1. The molecule has 220 valence electrons. The van der Waals surface area contributed by atoms with Gasteiger partial charge in [-0.3, -0.25) is 24.1 Å². The Balaban J connectivity index is 1.41. The number of Topliss-reactive ketones (excluding diaryl/α,β-unsaturated/α-hetero) is 1. The van der Waals surface area contributed by atoms with Crippen molar-refractivity contribution < 1.29 is 34.1 Å². The number of hydrogen-bond donors (Lipinski definition) is 2. The van der Waals surface area contributed by atoms with Crippen molar-refractivity contribution in [1.29, 1.82) is 0 Å². The molecule has 2 N–H and O–H groups in total. The first-order valence-electron chi connectivity index (χ1n) is 14.7. The van der Waals surface area contributed by atoms with Gasteiger partial charge in [0.1, 0.15) is 23.7 Å². The number of carbonyl (C=O) groups excluding carboxylic acids is 4. The maximum Gasteiger partial charge on any atom is 0.321 e. The van der Waals surface area contributed by atoms with Crippen molar-refractivity contribution in [3.05, 3.63) is 42.0 Å². The number of halogens is 1. The summed E-state index contributed by atoms with van der Waals surface area (Å²) in [7, 11) is 0. The van der Waals surface area contributed by atoms with Crippen LogP contribution in [0.1, 0.15) is 59.3 Å². The Hall–Kier alpha value is -2.55. The third-order valence-corrected chi connectivity index (χ3v) is 12.1. The Morgan fingerprint density at radius 1 is 1.10 bits per heavy atom. The molecule has 0 spiro atoms. The Labute approximate surface area is 245 Å². The molecule has 2 amide bonds. The highest BCUT2D eigenvalue weighted by Crippen LogP contribution is 2.71. The van der Waals surface area contributed by atoms with Gasteiger partial charge in [-0.25, -0.2) is 0 Å². The maximum absolute atomic E-state index is 13.7. The van der Waals surface area contributed by atoms with Gasteiger partial charge in [-0.05, 0) is 68.4 Å². The van der Waals surface area contributed by atoms with Crippen LogP contribution in [0.2, 0.25) is 0 Å². The van der Waals surface area contributed by atoms with Gasteiger partial charge in [-0.15, -0.1) is 11.6 Å².